The van der Waals surface area contributed by atoms with Gasteiger partial charge >= 0.3 is 17.9 Å². The highest BCUT2D eigenvalue weighted by atomic mass is 16.5. The van der Waals surface area contributed by atoms with Crippen molar-refractivity contribution in [1.29, 1.82) is 0 Å². The summed E-state index contributed by atoms with van der Waals surface area (Å²) in [5.74, 6) is -0.695. The molecule has 0 heterocycles. The predicted octanol–water partition coefficient (Wildman–Crippen LogP) is 7.65. The highest BCUT2D eigenvalue weighted by Gasteiger charge is 2.68. The zero-order chi connectivity index (χ0) is 29.5. The number of ether oxygens (including phenoxy) is 1. The maximum absolute atomic E-state index is 12.5. The fourth-order valence-electron chi connectivity index (χ4n) is 11.2. The minimum Gasteiger partial charge on any atom is -0.481 e. The molecule has 0 aromatic carbocycles. The quantitative estimate of drug-likeness (QED) is 0.266. The van der Waals surface area contributed by atoms with E-state index in [4.69, 9.17) is 9.84 Å². The van der Waals surface area contributed by atoms with E-state index in [1.807, 2.05) is 6.92 Å². The molecule has 0 aromatic rings. The van der Waals surface area contributed by atoms with Crippen molar-refractivity contribution in [3.8, 4) is 0 Å². The number of esters is 1. The molecule has 4 saturated carbocycles. The van der Waals surface area contributed by atoms with Crippen LogP contribution in [0.15, 0.2) is 11.6 Å². The Kier molecular flexibility index (Phi) is 6.91. The topological polar surface area (TPSA) is 101 Å². The van der Waals surface area contributed by atoms with Crippen molar-refractivity contribution in [3.63, 3.8) is 0 Å². The Hall–Kier alpha value is -1.85. The molecule has 0 saturated heterocycles. The van der Waals surface area contributed by atoms with Crippen LogP contribution in [0, 0.1) is 50.2 Å². The van der Waals surface area contributed by atoms with Crippen molar-refractivity contribution in [2.75, 3.05) is 0 Å². The van der Waals surface area contributed by atoms with Crippen LogP contribution in [0.25, 0.3) is 0 Å². The van der Waals surface area contributed by atoms with E-state index in [9.17, 15) is 19.5 Å². The zero-order valence-electron chi connectivity index (χ0n) is 25.9. The molecule has 40 heavy (non-hydrogen) atoms. The van der Waals surface area contributed by atoms with E-state index < -0.39 is 23.3 Å². The lowest BCUT2D eigenvalue weighted by Crippen LogP contribution is -2.63. The van der Waals surface area contributed by atoms with Crippen molar-refractivity contribution in [1.82, 2.24) is 0 Å². The van der Waals surface area contributed by atoms with Crippen LogP contribution in [0.2, 0.25) is 0 Å². The molecule has 4 unspecified atom stereocenters. The third kappa shape index (κ3) is 4.12. The van der Waals surface area contributed by atoms with Gasteiger partial charge in [0.1, 0.15) is 6.10 Å². The van der Waals surface area contributed by atoms with Gasteiger partial charge in [-0.2, -0.15) is 0 Å². The second kappa shape index (κ2) is 9.33. The van der Waals surface area contributed by atoms with E-state index in [1.54, 1.807) is 5.57 Å². The first kappa shape index (κ1) is 29.6. The van der Waals surface area contributed by atoms with Crippen LogP contribution in [0.1, 0.15) is 126 Å². The highest BCUT2D eigenvalue weighted by Crippen LogP contribution is 2.75. The fraction of sp³-hybridized carbons (Fsp3) is 0.853. The number of carbonyl (C=O) groups excluding carboxylic acids is 1. The van der Waals surface area contributed by atoms with Crippen LogP contribution in [0.3, 0.4) is 0 Å². The molecule has 2 N–H and O–H groups in total. The van der Waals surface area contributed by atoms with E-state index in [0.29, 0.717) is 17.8 Å². The van der Waals surface area contributed by atoms with E-state index >= 15 is 0 Å². The lowest BCUT2D eigenvalue weighted by molar-refractivity contribution is -0.189. The van der Waals surface area contributed by atoms with Crippen LogP contribution in [-0.2, 0) is 19.1 Å². The Morgan fingerprint density at radius 1 is 0.850 bits per heavy atom. The number of carboxylic acids is 2. The summed E-state index contributed by atoms with van der Waals surface area (Å²) in [6, 6.07) is 0. The van der Waals surface area contributed by atoms with Gasteiger partial charge in [0.05, 0.1) is 18.3 Å². The van der Waals surface area contributed by atoms with Gasteiger partial charge in [-0.25, -0.2) is 0 Å². The number of carbonyl (C=O) groups is 3. The summed E-state index contributed by atoms with van der Waals surface area (Å²) in [6.07, 6.45) is 12.1. The molecule has 0 radical (unpaired) electrons. The molecule has 5 rings (SSSR count). The van der Waals surface area contributed by atoms with Gasteiger partial charge in [0.15, 0.2) is 0 Å². The molecule has 9 atom stereocenters. The fourth-order valence-corrected chi connectivity index (χ4v) is 11.2. The minimum atomic E-state index is -0.973. The normalized spacial score (nSPS) is 47.4. The molecule has 0 amide bonds. The smallest absolute Gasteiger partial charge is 0.309 e. The average Bonchev–Trinajstić information content (AvgIpc) is 2.86. The monoisotopic (exact) mass is 556 g/mol. The first-order valence-electron chi connectivity index (χ1n) is 15.8. The molecule has 5 aliphatic carbocycles. The zero-order valence-corrected chi connectivity index (χ0v) is 25.9. The first-order valence-corrected chi connectivity index (χ1v) is 15.8. The molecular weight excluding hydrogens is 504 g/mol. The van der Waals surface area contributed by atoms with Crippen LogP contribution in [0.4, 0.5) is 0 Å². The maximum Gasteiger partial charge on any atom is 0.309 e. The lowest BCUT2D eigenvalue weighted by atomic mass is 9.34. The molecule has 0 aliphatic heterocycles. The summed E-state index contributed by atoms with van der Waals surface area (Å²) in [6.45, 7) is 16.5. The van der Waals surface area contributed by atoms with Crippen LogP contribution >= 0.6 is 0 Å². The highest BCUT2D eigenvalue weighted by molar-refractivity contribution is 5.76. The van der Waals surface area contributed by atoms with Gasteiger partial charge in [0, 0.05) is 5.41 Å². The minimum absolute atomic E-state index is 0.0251. The van der Waals surface area contributed by atoms with E-state index in [-0.39, 0.29) is 46.0 Å². The number of hydrogen-bond acceptors (Lipinski definition) is 4. The van der Waals surface area contributed by atoms with Gasteiger partial charge in [0.25, 0.3) is 0 Å². The van der Waals surface area contributed by atoms with Crippen molar-refractivity contribution in [3.05, 3.63) is 11.6 Å². The predicted molar refractivity (Wildman–Crippen MR) is 153 cm³/mol. The molecule has 6 heteroatoms. The third-order valence-electron chi connectivity index (χ3n) is 14.1. The van der Waals surface area contributed by atoms with Crippen molar-refractivity contribution < 1.29 is 29.3 Å². The van der Waals surface area contributed by atoms with E-state index in [0.717, 1.165) is 51.4 Å². The Morgan fingerprint density at radius 2 is 1.52 bits per heavy atom. The second-order valence-electron chi connectivity index (χ2n) is 16.3. The van der Waals surface area contributed by atoms with E-state index in [2.05, 4.69) is 47.6 Å². The van der Waals surface area contributed by atoms with Gasteiger partial charge in [-0.3, -0.25) is 14.4 Å². The van der Waals surface area contributed by atoms with Crippen LogP contribution in [0.5, 0.6) is 0 Å². The summed E-state index contributed by atoms with van der Waals surface area (Å²) in [4.78, 5) is 35.8. The molecule has 0 aromatic heterocycles. The first-order chi connectivity index (χ1) is 18.4. The molecule has 224 valence electrons. The number of rotatable bonds is 5. The summed E-state index contributed by atoms with van der Waals surface area (Å²) >= 11 is 0. The van der Waals surface area contributed by atoms with Gasteiger partial charge in [-0.05, 0) is 111 Å². The van der Waals surface area contributed by atoms with Gasteiger partial charge in [0.2, 0.25) is 0 Å². The van der Waals surface area contributed by atoms with Crippen molar-refractivity contribution in [2.24, 2.45) is 50.2 Å². The van der Waals surface area contributed by atoms with Gasteiger partial charge in [-0.15, -0.1) is 0 Å². The SMILES string of the molecule is CC1(C)C(OC(=O)CCC(=O)O)CC[C@]2(C)C3=CCC4C5C[C@@](C)(C(=O)O)CC[C@]5(C)CC[C@@]4(C)[C@]3(C)CCC12. The van der Waals surface area contributed by atoms with Gasteiger partial charge < -0.3 is 14.9 Å². The number of aliphatic carboxylic acids is 2. The number of hydrogen-bond donors (Lipinski definition) is 2. The summed E-state index contributed by atoms with van der Waals surface area (Å²) in [5.41, 5.74) is 1.24. The molecule has 0 bridgehead atoms. The summed E-state index contributed by atoms with van der Waals surface area (Å²) in [5, 5.41) is 19.1. The second-order valence-corrected chi connectivity index (χ2v) is 16.3. The Bertz CT molecular complexity index is 1120. The average molecular weight is 557 g/mol. The van der Waals surface area contributed by atoms with E-state index in [1.165, 1.54) is 12.8 Å². The number of allylic oxidation sites excluding steroid dienone is 2. The lowest BCUT2D eigenvalue weighted by Gasteiger charge is -2.70. The Balaban J connectivity index is 1.44. The van der Waals surface area contributed by atoms with Gasteiger partial charge in [-0.1, -0.05) is 53.2 Å². The molecule has 5 aliphatic rings. The summed E-state index contributed by atoms with van der Waals surface area (Å²) < 4.78 is 5.96. The maximum atomic E-state index is 12.5. The standard InChI is InChI=1S/C34H52O6/c1-29(2)23-12-15-34(7)24(32(23,5)14-13-25(29)40-27(37)11-10-26(35)36)9-8-21-22-20-31(4,28(38)39)17-16-30(22,3)18-19-33(21,34)6/h9,21-23,25H,8,10-20H2,1-7H3,(H,35,36)(H,38,39)/t21?,22?,23?,25?,30-,31+,32+,33-,34-/m1/s1. The van der Waals surface area contributed by atoms with Crippen molar-refractivity contribution in [2.45, 2.75) is 132 Å². The van der Waals surface area contributed by atoms with Crippen molar-refractivity contribution >= 4 is 17.9 Å². The van der Waals surface area contributed by atoms with Crippen LogP contribution < -0.4 is 0 Å². The molecule has 4 fully saturated rings. The largest absolute Gasteiger partial charge is 0.481 e. The molecular formula is C34H52O6. The third-order valence-corrected chi connectivity index (χ3v) is 14.1. The molecule has 0 spiro atoms. The van der Waals surface area contributed by atoms with Crippen LogP contribution in [-0.4, -0.2) is 34.2 Å². The number of fused-ring (bicyclic) bond motifs is 7. The molecule has 6 nitrogen and oxygen atoms in total. The Labute approximate surface area is 240 Å². The Morgan fingerprint density at radius 3 is 2.17 bits per heavy atom. The number of carboxylic acid groups (broad SMARTS) is 2. The summed E-state index contributed by atoms with van der Waals surface area (Å²) in [7, 11) is 0.